The highest BCUT2D eigenvalue weighted by atomic mass is 16.5. The molecule has 2 rings (SSSR count). The molecule has 18 heavy (non-hydrogen) atoms. The van der Waals surface area contributed by atoms with Crippen molar-refractivity contribution in [2.45, 2.75) is 38.8 Å². The molecule has 0 saturated heterocycles. The van der Waals surface area contributed by atoms with Crippen molar-refractivity contribution in [3.8, 4) is 5.75 Å². The quantitative estimate of drug-likeness (QED) is 0.838. The maximum atomic E-state index is 9.67. The summed E-state index contributed by atoms with van der Waals surface area (Å²) in [5, 5.41) is 13.2. The van der Waals surface area contributed by atoms with Crippen molar-refractivity contribution in [2.75, 3.05) is 13.7 Å². The first-order valence-corrected chi connectivity index (χ1v) is 6.58. The van der Waals surface area contributed by atoms with E-state index in [9.17, 15) is 5.11 Å². The fraction of sp³-hybridized carbons (Fsp3) is 0.600. The molecule has 2 atom stereocenters. The van der Waals surface area contributed by atoms with Crippen molar-refractivity contribution in [3.63, 3.8) is 0 Å². The zero-order chi connectivity index (χ0) is 13.2. The Morgan fingerprint density at radius 2 is 2.22 bits per heavy atom. The van der Waals surface area contributed by atoms with Crippen molar-refractivity contribution < 1.29 is 9.84 Å². The second-order valence-corrected chi connectivity index (χ2v) is 5.68. The number of methoxy groups -OCH3 is 1. The molecule has 1 aromatic rings. The molecule has 0 amide bonds. The third-order valence-corrected chi connectivity index (χ3v) is 4.15. The minimum Gasteiger partial charge on any atom is -0.497 e. The van der Waals surface area contributed by atoms with E-state index in [-0.39, 0.29) is 11.5 Å². The minimum absolute atomic E-state index is 0.00831. The molecule has 1 aliphatic rings. The number of nitrogens with one attached hydrogen (secondary N) is 1. The lowest BCUT2D eigenvalue weighted by molar-refractivity contribution is -0.0720. The van der Waals surface area contributed by atoms with Gasteiger partial charge in [-0.1, -0.05) is 26.0 Å². The number of hydrogen-bond acceptors (Lipinski definition) is 3. The summed E-state index contributed by atoms with van der Waals surface area (Å²) < 4.78 is 5.21. The molecule has 0 spiro atoms. The number of aliphatic hydroxyl groups excluding tert-OH is 1. The molecule has 3 heteroatoms. The maximum absolute atomic E-state index is 9.67. The summed E-state index contributed by atoms with van der Waals surface area (Å²) in [5.41, 5.74) is 1.29. The molecular formula is C15H23NO2. The Kier molecular flexibility index (Phi) is 3.93. The van der Waals surface area contributed by atoms with Crippen molar-refractivity contribution in [3.05, 3.63) is 29.8 Å². The van der Waals surface area contributed by atoms with Crippen molar-refractivity contribution >= 4 is 0 Å². The van der Waals surface area contributed by atoms with Crippen LogP contribution in [0.4, 0.5) is 0 Å². The average Bonchev–Trinajstić information content (AvgIpc) is 2.38. The van der Waals surface area contributed by atoms with E-state index in [1.165, 1.54) is 5.56 Å². The number of rotatable bonds is 5. The van der Waals surface area contributed by atoms with E-state index >= 15 is 0 Å². The van der Waals surface area contributed by atoms with Crippen LogP contribution in [0.3, 0.4) is 0 Å². The molecule has 0 radical (unpaired) electrons. The van der Waals surface area contributed by atoms with Gasteiger partial charge in [0.05, 0.1) is 13.2 Å². The highest BCUT2D eigenvalue weighted by Gasteiger charge is 2.46. The first-order chi connectivity index (χ1) is 8.54. The molecule has 2 unspecified atom stereocenters. The van der Waals surface area contributed by atoms with Gasteiger partial charge < -0.3 is 15.2 Å². The lowest BCUT2D eigenvalue weighted by Gasteiger charge is -2.49. The smallest absolute Gasteiger partial charge is 0.119 e. The molecule has 1 aliphatic carbocycles. The fourth-order valence-electron chi connectivity index (χ4n) is 2.47. The minimum atomic E-state index is -0.160. The van der Waals surface area contributed by atoms with Crippen LogP contribution in [0.15, 0.2) is 24.3 Å². The van der Waals surface area contributed by atoms with Crippen LogP contribution in [-0.2, 0) is 6.42 Å². The summed E-state index contributed by atoms with van der Waals surface area (Å²) in [7, 11) is 1.69. The van der Waals surface area contributed by atoms with Crippen LogP contribution in [0, 0.1) is 5.41 Å². The number of benzene rings is 1. The highest BCUT2D eigenvalue weighted by Crippen LogP contribution is 2.40. The number of hydrogen-bond donors (Lipinski definition) is 2. The highest BCUT2D eigenvalue weighted by molar-refractivity contribution is 5.28. The predicted molar refractivity (Wildman–Crippen MR) is 72.9 cm³/mol. The Morgan fingerprint density at radius 1 is 1.44 bits per heavy atom. The van der Waals surface area contributed by atoms with Gasteiger partial charge in [-0.2, -0.15) is 0 Å². The molecule has 3 nitrogen and oxygen atoms in total. The van der Waals surface area contributed by atoms with Gasteiger partial charge in [0, 0.05) is 11.5 Å². The lowest BCUT2D eigenvalue weighted by Crippen LogP contribution is -2.60. The van der Waals surface area contributed by atoms with Crippen LogP contribution in [0.2, 0.25) is 0 Å². The predicted octanol–water partition coefficient (Wildman–Crippen LogP) is 1.99. The molecular weight excluding hydrogens is 226 g/mol. The molecule has 2 N–H and O–H groups in total. The molecule has 0 bridgehead atoms. The van der Waals surface area contributed by atoms with Gasteiger partial charge >= 0.3 is 0 Å². The Balaban J connectivity index is 1.79. The number of ether oxygens (including phenoxy) is 1. The van der Waals surface area contributed by atoms with Gasteiger partial charge in [0.15, 0.2) is 0 Å². The van der Waals surface area contributed by atoms with Crippen LogP contribution in [-0.4, -0.2) is 30.9 Å². The molecule has 1 fully saturated rings. The van der Waals surface area contributed by atoms with Gasteiger partial charge in [-0.3, -0.25) is 0 Å². The van der Waals surface area contributed by atoms with Gasteiger partial charge in [-0.05, 0) is 37.1 Å². The molecule has 100 valence electrons. The van der Waals surface area contributed by atoms with Gasteiger partial charge in [0.2, 0.25) is 0 Å². The first kappa shape index (κ1) is 13.4. The second-order valence-electron chi connectivity index (χ2n) is 5.68. The summed E-state index contributed by atoms with van der Waals surface area (Å²) in [6, 6.07) is 8.60. The topological polar surface area (TPSA) is 41.5 Å². The summed E-state index contributed by atoms with van der Waals surface area (Å²) >= 11 is 0. The largest absolute Gasteiger partial charge is 0.497 e. The van der Waals surface area contributed by atoms with Gasteiger partial charge in [0.25, 0.3) is 0 Å². The summed E-state index contributed by atoms with van der Waals surface area (Å²) in [5.74, 6) is 0.909. The second kappa shape index (κ2) is 5.29. The average molecular weight is 249 g/mol. The standard InChI is InChI=1S/C15H23NO2/c1-15(2)13(10-14(15)17)16-8-7-11-5-4-6-12(9-11)18-3/h4-6,9,13-14,16-17H,7-8,10H2,1-3H3. The van der Waals surface area contributed by atoms with E-state index in [1.54, 1.807) is 7.11 Å². The Bertz CT molecular complexity index is 403. The zero-order valence-corrected chi connectivity index (χ0v) is 11.4. The fourth-order valence-corrected chi connectivity index (χ4v) is 2.47. The van der Waals surface area contributed by atoms with E-state index in [0.29, 0.717) is 6.04 Å². The first-order valence-electron chi connectivity index (χ1n) is 6.58. The van der Waals surface area contributed by atoms with Crippen molar-refractivity contribution in [1.82, 2.24) is 5.32 Å². The Hall–Kier alpha value is -1.06. The third-order valence-electron chi connectivity index (χ3n) is 4.15. The Labute approximate surface area is 109 Å². The van der Waals surface area contributed by atoms with Crippen molar-refractivity contribution in [1.29, 1.82) is 0 Å². The van der Waals surface area contributed by atoms with Crippen LogP contribution in [0.25, 0.3) is 0 Å². The van der Waals surface area contributed by atoms with Gasteiger partial charge in [-0.15, -0.1) is 0 Å². The molecule has 0 aliphatic heterocycles. The van der Waals surface area contributed by atoms with E-state index in [1.807, 2.05) is 12.1 Å². The van der Waals surface area contributed by atoms with Crippen molar-refractivity contribution in [2.24, 2.45) is 5.41 Å². The molecule has 1 aromatic carbocycles. The monoisotopic (exact) mass is 249 g/mol. The van der Waals surface area contributed by atoms with Gasteiger partial charge in [0.1, 0.15) is 5.75 Å². The van der Waals surface area contributed by atoms with E-state index in [4.69, 9.17) is 4.74 Å². The summed E-state index contributed by atoms with van der Waals surface area (Å²) in [6.07, 6.45) is 1.69. The van der Waals surface area contributed by atoms with E-state index in [2.05, 4.69) is 31.3 Å². The maximum Gasteiger partial charge on any atom is 0.119 e. The summed E-state index contributed by atoms with van der Waals surface area (Å²) in [6.45, 7) is 5.17. The number of aliphatic hydroxyl groups is 1. The normalized spacial score (nSPS) is 25.6. The summed E-state index contributed by atoms with van der Waals surface area (Å²) in [4.78, 5) is 0. The van der Waals surface area contributed by atoms with Crippen LogP contribution < -0.4 is 10.1 Å². The molecule has 0 heterocycles. The van der Waals surface area contributed by atoms with Crippen LogP contribution >= 0.6 is 0 Å². The molecule has 1 saturated carbocycles. The van der Waals surface area contributed by atoms with Crippen LogP contribution in [0.1, 0.15) is 25.8 Å². The zero-order valence-electron chi connectivity index (χ0n) is 11.4. The van der Waals surface area contributed by atoms with E-state index < -0.39 is 0 Å². The molecule has 0 aromatic heterocycles. The van der Waals surface area contributed by atoms with Crippen LogP contribution in [0.5, 0.6) is 5.75 Å². The van der Waals surface area contributed by atoms with Gasteiger partial charge in [-0.25, -0.2) is 0 Å². The Morgan fingerprint density at radius 3 is 2.83 bits per heavy atom. The SMILES string of the molecule is COc1cccc(CCNC2CC(O)C2(C)C)c1. The third kappa shape index (κ3) is 2.68. The van der Waals surface area contributed by atoms with E-state index in [0.717, 1.165) is 25.1 Å². The lowest BCUT2D eigenvalue weighted by atomic mass is 9.64.